The fourth-order valence-electron chi connectivity index (χ4n) is 2.33. The van der Waals surface area contributed by atoms with E-state index in [0.29, 0.717) is 0 Å². The zero-order valence-corrected chi connectivity index (χ0v) is 17.0. The van der Waals surface area contributed by atoms with E-state index in [2.05, 4.69) is 10.0 Å². The SMILES string of the molecule is Cc1ccc(S(=O)(=O)Nc2cccc(C(=O)O[C@H](C)C(=O)NC(C)C)c2)cc1. The lowest BCUT2D eigenvalue weighted by molar-refractivity contribution is -0.129. The van der Waals surface area contributed by atoms with Crippen LogP contribution in [0.3, 0.4) is 0 Å². The highest BCUT2D eigenvalue weighted by atomic mass is 32.2. The summed E-state index contributed by atoms with van der Waals surface area (Å²) in [5.41, 5.74) is 1.29. The zero-order chi connectivity index (χ0) is 20.9. The molecule has 0 aromatic heterocycles. The Labute approximate surface area is 165 Å². The maximum Gasteiger partial charge on any atom is 0.338 e. The number of carbonyl (C=O) groups excluding carboxylic acids is 2. The number of hydrogen-bond acceptors (Lipinski definition) is 5. The summed E-state index contributed by atoms with van der Waals surface area (Å²) in [6, 6.07) is 12.2. The second-order valence-electron chi connectivity index (χ2n) is 6.71. The van der Waals surface area contributed by atoms with Crippen LogP contribution >= 0.6 is 0 Å². The summed E-state index contributed by atoms with van der Waals surface area (Å²) in [7, 11) is -3.79. The van der Waals surface area contributed by atoms with Gasteiger partial charge in [-0.15, -0.1) is 0 Å². The lowest BCUT2D eigenvalue weighted by atomic mass is 10.2. The van der Waals surface area contributed by atoms with E-state index in [1.165, 1.54) is 43.3 Å². The number of aryl methyl sites for hydroxylation is 1. The lowest BCUT2D eigenvalue weighted by Crippen LogP contribution is -2.39. The number of amides is 1. The van der Waals surface area contributed by atoms with Gasteiger partial charge < -0.3 is 10.1 Å². The molecule has 2 N–H and O–H groups in total. The average molecular weight is 404 g/mol. The quantitative estimate of drug-likeness (QED) is 0.691. The summed E-state index contributed by atoms with van der Waals surface area (Å²) in [6.45, 7) is 6.94. The Morgan fingerprint density at radius 2 is 1.64 bits per heavy atom. The fraction of sp³-hybridized carbons (Fsp3) is 0.300. The van der Waals surface area contributed by atoms with Crippen molar-refractivity contribution in [1.82, 2.24) is 5.32 Å². The van der Waals surface area contributed by atoms with Crippen molar-refractivity contribution in [1.29, 1.82) is 0 Å². The molecule has 7 nitrogen and oxygen atoms in total. The molecule has 150 valence electrons. The van der Waals surface area contributed by atoms with E-state index >= 15 is 0 Å². The van der Waals surface area contributed by atoms with Crippen molar-refractivity contribution in [3.05, 3.63) is 59.7 Å². The standard InChI is InChI=1S/C20H24N2O5S/c1-13(2)21-19(23)15(4)27-20(24)16-6-5-7-17(12-16)22-28(25,26)18-10-8-14(3)9-11-18/h5-13,15,22H,1-4H3,(H,21,23)/t15-/m1/s1. The molecule has 0 aliphatic rings. The van der Waals surface area contributed by atoms with Crippen LogP contribution in [0, 0.1) is 6.92 Å². The molecule has 28 heavy (non-hydrogen) atoms. The van der Waals surface area contributed by atoms with Crippen molar-refractivity contribution in [2.75, 3.05) is 4.72 Å². The molecule has 0 aliphatic heterocycles. The van der Waals surface area contributed by atoms with Crippen LogP contribution in [0.5, 0.6) is 0 Å². The van der Waals surface area contributed by atoms with Crippen molar-refractivity contribution >= 4 is 27.6 Å². The molecule has 1 amide bonds. The number of anilines is 1. The van der Waals surface area contributed by atoms with Crippen LogP contribution in [0.2, 0.25) is 0 Å². The molecule has 0 saturated heterocycles. The normalized spacial score (nSPS) is 12.3. The van der Waals surface area contributed by atoms with Crippen LogP contribution in [-0.4, -0.2) is 32.4 Å². The van der Waals surface area contributed by atoms with Crippen LogP contribution < -0.4 is 10.0 Å². The molecule has 0 radical (unpaired) electrons. The molecule has 8 heteroatoms. The Bertz CT molecular complexity index is 953. The fourth-order valence-corrected chi connectivity index (χ4v) is 3.37. The van der Waals surface area contributed by atoms with Crippen LogP contribution in [0.1, 0.15) is 36.7 Å². The van der Waals surface area contributed by atoms with E-state index in [0.717, 1.165) is 5.56 Å². The van der Waals surface area contributed by atoms with Gasteiger partial charge >= 0.3 is 5.97 Å². The molecular weight excluding hydrogens is 380 g/mol. The minimum absolute atomic E-state index is 0.0758. The molecule has 2 aromatic rings. The van der Waals surface area contributed by atoms with Gasteiger partial charge in [0.05, 0.1) is 10.5 Å². The first-order valence-electron chi connectivity index (χ1n) is 8.79. The minimum atomic E-state index is -3.79. The first-order valence-corrected chi connectivity index (χ1v) is 10.3. The summed E-state index contributed by atoms with van der Waals surface area (Å²) in [4.78, 5) is 24.3. The Kier molecular flexibility index (Phi) is 6.80. The van der Waals surface area contributed by atoms with Gasteiger partial charge in [-0.1, -0.05) is 23.8 Å². The summed E-state index contributed by atoms with van der Waals surface area (Å²) >= 11 is 0. The Balaban J connectivity index is 2.12. The molecule has 0 heterocycles. The second-order valence-corrected chi connectivity index (χ2v) is 8.39. The number of carbonyl (C=O) groups is 2. The average Bonchev–Trinajstić information content (AvgIpc) is 2.61. The molecule has 0 aliphatic carbocycles. The topological polar surface area (TPSA) is 102 Å². The molecule has 0 bridgehead atoms. The first kappa shape index (κ1) is 21.4. The van der Waals surface area contributed by atoms with Crippen molar-refractivity contribution in [2.24, 2.45) is 0 Å². The predicted molar refractivity (Wildman–Crippen MR) is 107 cm³/mol. The molecule has 0 unspecified atom stereocenters. The number of ether oxygens (including phenoxy) is 1. The summed E-state index contributed by atoms with van der Waals surface area (Å²) in [6.07, 6.45) is -0.970. The van der Waals surface area contributed by atoms with Crippen LogP contribution in [0.15, 0.2) is 53.4 Å². The van der Waals surface area contributed by atoms with Gasteiger partial charge in [0.2, 0.25) is 0 Å². The Morgan fingerprint density at radius 1 is 1.00 bits per heavy atom. The molecule has 0 spiro atoms. The van der Waals surface area contributed by atoms with E-state index in [-0.39, 0.29) is 22.2 Å². The molecule has 2 rings (SSSR count). The van der Waals surface area contributed by atoms with Gasteiger partial charge in [-0.2, -0.15) is 0 Å². The van der Waals surface area contributed by atoms with Gasteiger partial charge in [0, 0.05) is 11.7 Å². The van der Waals surface area contributed by atoms with Gasteiger partial charge in [-0.3, -0.25) is 9.52 Å². The van der Waals surface area contributed by atoms with Gasteiger partial charge in [-0.25, -0.2) is 13.2 Å². The van der Waals surface area contributed by atoms with Crippen molar-refractivity contribution in [3.8, 4) is 0 Å². The summed E-state index contributed by atoms with van der Waals surface area (Å²) in [5.74, 6) is -1.12. The number of benzene rings is 2. The molecular formula is C20H24N2O5S. The summed E-state index contributed by atoms with van der Waals surface area (Å²) < 4.78 is 32.6. The van der Waals surface area contributed by atoms with E-state index in [1.807, 2.05) is 6.92 Å². The summed E-state index contributed by atoms with van der Waals surface area (Å²) in [5, 5.41) is 2.66. The van der Waals surface area contributed by atoms with Crippen LogP contribution in [0.4, 0.5) is 5.69 Å². The van der Waals surface area contributed by atoms with E-state index in [9.17, 15) is 18.0 Å². The third-order valence-electron chi connectivity index (χ3n) is 3.77. The Morgan fingerprint density at radius 3 is 2.25 bits per heavy atom. The van der Waals surface area contributed by atoms with Gasteiger partial charge in [0.1, 0.15) is 0 Å². The van der Waals surface area contributed by atoms with Gasteiger partial charge in [0.15, 0.2) is 6.10 Å². The number of rotatable bonds is 7. The van der Waals surface area contributed by atoms with E-state index in [4.69, 9.17) is 4.74 Å². The maximum absolute atomic E-state index is 12.5. The van der Waals surface area contributed by atoms with Crippen molar-refractivity contribution < 1.29 is 22.7 Å². The van der Waals surface area contributed by atoms with Crippen LogP contribution in [0.25, 0.3) is 0 Å². The van der Waals surface area contributed by atoms with Crippen molar-refractivity contribution in [2.45, 2.75) is 44.7 Å². The first-order chi connectivity index (χ1) is 13.1. The molecule has 0 fully saturated rings. The van der Waals surface area contributed by atoms with E-state index in [1.54, 1.807) is 26.0 Å². The van der Waals surface area contributed by atoms with Gasteiger partial charge in [0.25, 0.3) is 15.9 Å². The second kappa shape index (κ2) is 8.88. The number of hydrogen-bond donors (Lipinski definition) is 2. The molecule has 0 saturated carbocycles. The highest BCUT2D eigenvalue weighted by Gasteiger charge is 2.20. The predicted octanol–water partition coefficient (Wildman–Crippen LogP) is 2.87. The monoisotopic (exact) mass is 404 g/mol. The zero-order valence-electron chi connectivity index (χ0n) is 16.2. The highest BCUT2D eigenvalue weighted by molar-refractivity contribution is 7.92. The third-order valence-corrected chi connectivity index (χ3v) is 5.16. The number of esters is 1. The van der Waals surface area contributed by atoms with Crippen molar-refractivity contribution in [3.63, 3.8) is 0 Å². The highest BCUT2D eigenvalue weighted by Crippen LogP contribution is 2.18. The number of nitrogens with one attached hydrogen (secondary N) is 2. The molecule has 2 aromatic carbocycles. The smallest absolute Gasteiger partial charge is 0.338 e. The Hall–Kier alpha value is -2.87. The largest absolute Gasteiger partial charge is 0.449 e. The van der Waals surface area contributed by atoms with Crippen LogP contribution in [-0.2, 0) is 19.6 Å². The maximum atomic E-state index is 12.5. The minimum Gasteiger partial charge on any atom is -0.449 e. The third kappa shape index (κ3) is 5.82. The molecule has 1 atom stereocenters. The van der Waals surface area contributed by atoms with Gasteiger partial charge in [-0.05, 0) is 58.0 Å². The van der Waals surface area contributed by atoms with E-state index < -0.39 is 28.0 Å². The lowest BCUT2D eigenvalue weighted by Gasteiger charge is -2.15. The number of sulfonamides is 1.